The van der Waals surface area contributed by atoms with E-state index in [4.69, 9.17) is 11.6 Å². The van der Waals surface area contributed by atoms with Gasteiger partial charge in [0.05, 0.1) is 5.69 Å². The minimum Gasteiger partial charge on any atom is -0.353 e. The third-order valence-electron chi connectivity index (χ3n) is 4.84. The predicted molar refractivity (Wildman–Crippen MR) is 108 cm³/mol. The van der Waals surface area contributed by atoms with Gasteiger partial charge in [-0.2, -0.15) is 5.10 Å². The van der Waals surface area contributed by atoms with Crippen LogP contribution in [0.25, 0.3) is 11.3 Å². The number of aromatic nitrogens is 2. The Morgan fingerprint density at radius 3 is 2.70 bits per heavy atom. The molecule has 0 spiro atoms. The molecule has 2 heterocycles. The number of amides is 1. The summed E-state index contributed by atoms with van der Waals surface area (Å²) in [5.41, 5.74) is 2.74. The molecule has 2 aromatic carbocycles. The number of carbonyl (C=O) groups excluding carboxylic acids is 1. The van der Waals surface area contributed by atoms with Crippen LogP contribution in [0.2, 0.25) is 5.02 Å². The maximum atomic E-state index is 12.5. The molecule has 1 amide bonds. The van der Waals surface area contributed by atoms with Crippen molar-refractivity contribution in [3.63, 3.8) is 0 Å². The lowest BCUT2D eigenvalue weighted by Crippen LogP contribution is -2.48. The standard InChI is InChI=1S/C21H21ClN4O/c22-17-10-8-16(9-11-17)21(27)23-18-7-4-12-26(14-18)20-13-19(24-25-20)15-5-2-1-3-6-15/h1-3,5-6,8-11,13,18H,4,7,12,14H2,(H,23,27)(H,24,25)/t18-/m0/s1. The van der Waals surface area contributed by atoms with Crippen molar-refractivity contribution < 1.29 is 4.79 Å². The molecule has 3 aromatic rings. The van der Waals surface area contributed by atoms with Crippen LogP contribution < -0.4 is 10.2 Å². The van der Waals surface area contributed by atoms with Gasteiger partial charge in [0.15, 0.2) is 5.82 Å². The number of nitrogens with one attached hydrogen (secondary N) is 2. The van der Waals surface area contributed by atoms with Crippen LogP contribution in [0.1, 0.15) is 23.2 Å². The number of piperidine rings is 1. The van der Waals surface area contributed by atoms with Crippen LogP contribution >= 0.6 is 11.6 Å². The highest BCUT2D eigenvalue weighted by molar-refractivity contribution is 6.30. The second-order valence-electron chi connectivity index (χ2n) is 6.77. The number of halogens is 1. The van der Waals surface area contributed by atoms with Crippen molar-refractivity contribution in [3.05, 3.63) is 71.2 Å². The Balaban J connectivity index is 1.42. The largest absolute Gasteiger partial charge is 0.353 e. The first-order chi connectivity index (χ1) is 13.2. The SMILES string of the molecule is O=C(N[C@H]1CCCN(c2cc(-c3ccccc3)[nH]n2)C1)c1ccc(Cl)cc1. The number of anilines is 1. The van der Waals surface area contributed by atoms with Crippen molar-refractivity contribution >= 4 is 23.3 Å². The van der Waals surface area contributed by atoms with E-state index >= 15 is 0 Å². The smallest absolute Gasteiger partial charge is 0.251 e. The molecule has 4 rings (SSSR count). The molecular formula is C21H21ClN4O. The highest BCUT2D eigenvalue weighted by atomic mass is 35.5. The van der Waals surface area contributed by atoms with Crippen molar-refractivity contribution in [2.75, 3.05) is 18.0 Å². The molecule has 1 aliphatic heterocycles. The summed E-state index contributed by atoms with van der Waals surface area (Å²) in [6, 6.07) is 19.3. The van der Waals surface area contributed by atoms with Crippen molar-refractivity contribution in [2.24, 2.45) is 0 Å². The van der Waals surface area contributed by atoms with E-state index in [1.54, 1.807) is 24.3 Å². The van der Waals surface area contributed by atoms with Gasteiger partial charge in [-0.05, 0) is 42.7 Å². The lowest BCUT2D eigenvalue weighted by atomic mass is 10.0. The summed E-state index contributed by atoms with van der Waals surface area (Å²) in [5.74, 6) is 0.852. The van der Waals surface area contributed by atoms with Gasteiger partial charge in [-0.25, -0.2) is 0 Å². The number of aromatic amines is 1. The van der Waals surface area contributed by atoms with Gasteiger partial charge in [-0.15, -0.1) is 0 Å². The van der Waals surface area contributed by atoms with Crippen molar-refractivity contribution in [1.29, 1.82) is 0 Å². The van der Waals surface area contributed by atoms with Crippen LogP contribution in [0, 0.1) is 0 Å². The Morgan fingerprint density at radius 2 is 1.93 bits per heavy atom. The highest BCUT2D eigenvalue weighted by Gasteiger charge is 2.23. The molecule has 1 fully saturated rings. The van der Waals surface area contributed by atoms with Crippen LogP contribution in [-0.4, -0.2) is 35.2 Å². The van der Waals surface area contributed by atoms with Gasteiger partial charge in [0.1, 0.15) is 0 Å². The minimum absolute atomic E-state index is 0.0643. The molecule has 0 radical (unpaired) electrons. The van der Waals surface area contributed by atoms with Crippen LogP contribution in [-0.2, 0) is 0 Å². The van der Waals surface area contributed by atoms with E-state index in [0.717, 1.165) is 43.0 Å². The molecule has 1 atom stereocenters. The summed E-state index contributed by atoms with van der Waals surface area (Å²) in [5, 5.41) is 11.3. The van der Waals surface area contributed by atoms with Crippen molar-refractivity contribution in [3.8, 4) is 11.3 Å². The topological polar surface area (TPSA) is 61.0 Å². The van der Waals surface area contributed by atoms with Gasteiger partial charge < -0.3 is 10.2 Å². The Hall–Kier alpha value is -2.79. The van der Waals surface area contributed by atoms with E-state index in [2.05, 4.69) is 38.6 Å². The van der Waals surface area contributed by atoms with Gasteiger partial charge in [-0.1, -0.05) is 41.9 Å². The number of nitrogens with zero attached hydrogens (tertiary/aromatic N) is 2. The molecule has 27 heavy (non-hydrogen) atoms. The molecule has 0 aliphatic carbocycles. The summed E-state index contributed by atoms with van der Waals surface area (Å²) in [6.45, 7) is 1.69. The van der Waals surface area contributed by atoms with Gasteiger partial charge in [0.2, 0.25) is 0 Å². The molecule has 0 bridgehead atoms. The summed E-state index contributed by atoms with van der Waals surface area (Å²) >= 11 is 5.89. The van der Waals surface area contributed by atoms with Gasteiger partial charge in [0.25, 0.3) is 5.91 Å². The second-order valence-corrected chi connectivity index (χ2v) is 7.21. The summed E-state index contributed by atoms with van der Waals surface area (Å²) in [7, 11) is 0. The number of hydrogen-bond acceptors (Lipinski definition) is 3. The Morgan fingerprint density at radius 1 is 1.15 bits per heavy atom. The molecule has 1 aromatic heterocycles. The Labute approximate surface area is 163 Å². The first-order valence-corrected chi connectivity index (χ1v) is 9.49. The average Bonchev–Trinajstić information content (AvgIpc) is 3.20. The summed E-state index contributed by atoms with van der Waals surface area (Å²) < 4.78 is 0. The Bertz CT molecular complexity index is 907. The van der Waals surface area contributed by atoms with Gasteiger partial charge in [-0.3, -0.25) is 9.89 Å². The lowest BCUT2D eigenvalue weighted by Gasteiger charge is -2.33. The van der Waals surface area contributed by atoms with E-state index in [-0.39, 0.29) is 11.9 Å². The number of rotatable bonds is 4. The van der Waals surface area contributed by atoms with Crippen LogP contribution in [0.3, 0.4) is 0 Å². The molecule has 5 nitrogen and oxygen atoms in total. The van der Waals surface area contributed by atoms with E-state index < -0.39 is 0 Å². The number of hydrogen-bond donors (Lipinski definition) is 2. The van der Waals surface area contributed by atoms with E-state index in [9.17, 15) is 4.79 Å². The molecule has 2 N–H and O–H groups in total. The molecule has 138 valence electrons. The highest BCUT2D eigenvalue weighted by Crippen LogP contribution is 2.24. The monoisotopic (exact) mass is 380 g/mol. The number of benzene rings is 2. The van der Waals surface area contributed by atoms with E-state index in [1.807, 2.05) is 18.2 Å². The summed E-state index contributed by atoms with van der Waals surface area (Å²) in [4.78, 5) is 14.7. The quantitative estimate of drug-likeness (QED) is 0.715. The van der Waals surface area contributed by atoms with Crippen molar-refractivity contribution in [1.82, 2.24) is 15.5 Å². The average molecular weight is 381 g/mol. The fourth-order valence-corrected chi connectivity index (χ4v) is 3.54. The van der Waals surface area contributed by atoms with E-state index in [0.29, 0.717) is 10.6 Å². The second kappa shape index (κ2) is 7.84. The number of carbonyl (C=O) groups is 1. The molecule has 1 saturated heterocycles. The lowest BCUT2D eigenvalue weighted by molar-refractivity contribution is 0.0933. The minimum atomic E-state index is -0.0643. The maximum Gasteiger partial charge on any atom is 0.251 e. The van der Waals surface area contributed by atoms with Gasteiger partial charge in [0, 0.05) is 35.8 Å². The maximum absolute atomic E-state index is 12.5. The molecule has 0 unspecified atom stereocenters. The third-order valence-corrected chi connectivity index (χ3v) is 5.09. The summed E-state index contributed by atoms with van der Waals surface area (Å²) in [6.07, 6.45) is 1.98. The van der Waals surface area contributed by atoms with Crippen LogP contribution in [0.5, 0.6) is 0 Å². The molecule has 6 heteroatoms. The zero-order valence-electron chi connectivity index (χ0n) is 14.9. The normalized spacial score (nSPS) is 16.9. The zero-order chi connectivity index (χ0) is 18.6. The first kappa shape index (κ1) is 17.6. The van der Waals surface area contributed by atoms with Gasteiger partial charge >= 0.3 is 0 Å². The molecule has 1 aliphatic rings. The van der Waals surface area contributed by atoms with Crippen molar-refractivity contribution in [2.45, 2.75) is 18.9 Å². The van der Waals surface area contributed by atoms with Crippen LogP contribution in [0.15, 0.2) is 60.7 Å². The predicted octanol–water partition coefficient (Wildman–Crippen LogP) is 4.13. The number of H-pyrrole nitrogens is 1. The molecule has 0 saturated carbocycles. The first-order valence-electron chi connectivity index (χ1n) is 9.11. The van der Waals surface area contributed by atoms with E-state index in [1.165, 1.54) is 0 Å². The Kier molecular flexibility index (Phi) is 5.12. The van der Waals surface area contributed by atoms with Crippen LogP contribution in [0.4, 0.5) is 5.82 Å². The fourth-order valence-electron chi connectivity index (χ4n) is 3.41. The fraction of sp³-hybridized carbons (Fsp3) is 0.238. The zero-order valence-corrected chi connectivity index (χ0v) is 15.6. The third kappa shape index (κ3) is 4.14. The molecular weight excluding hydrogens is 360 g/mol.